The molecule has 1 aromatic carbocycles. The SMILES string of the molecule is Cc1cccc(/C=N/Nc2nc(N3CCOCC3)c3cc(-c4ccncc4)cn3n2)c1. The van der Waals surface area contributed by atoms with Crippen molar-refractivity contribution in [2.75, 3.05) is 36.6 Å². The van der Waals surface area contributed by atoms with Crippen molar-refractivity contribution in [1.29, 1.82) is 0 Å². The molecule has 0 amide bonds. The summed E-state index contributed by atoms with van der Waals surface area (Å²) in [5.41, 5.74) is 8.29. The Hall–Kier alpha value is -3.78. The smallest absolute Gasteiger partial charge is 0.263 e. The Balaban J connectivity index is 1.50. The molecule has 0 radical (unpaired) electrons. The first kappa shape index (κ1) is 19.2. The number of aryl methyl sites for hydroxylation is 1. The van der Waals surface area contributed by atoms with Gasteiger partial charge in [0.2, 0.25) is 0 Å². The number of aromatic nitrogens is 4. The first-order chi connectivity index (χ1) is 15.3. The Morgan fingerprint density at radius 3 is 2.71 bits per heavy atom. The van der Waals surface area contributed by atoms with Crippen LogP contribution in [0.5, 0.6) is 0 Å². The highest BCUT2D eigenvalue weighted by molar-refractivity contribution is 5.81. The molecule has 0 saturated carbocycles. The second-order valence-electron chi connectivity index (χ2n) is 7.44. The molecule has 0 aliphatic carbocycles. The molecule has 1 saturated heterocycles. The van der Waals surface area contributed by atoms with Gasteiger partial charge >= 0.3 is 0 Å². The maximum Gasteiger partial charge on any atom is 0.263 e. The summed E-state index contributed by atoms with van der Waals surface area (Å²) in [6, 6.07) is 14.2. The van der Waals surface area contributed by atoms with Gasteiger partial charge in [0.25, 0.3) is 5.95 Å². The van der Waals surface area contributed by atoms with Gasteiger partial charge in [-0.3, -0.25) is 4.98 Å². The Kier molecular flexibility index (Phi) is 5.28. The fourth-order valence-corrected chi connectivity index (χ4v) is 3.66. The van der Waals surface area contributed by atoms with E-state index < -0.39 is 0 Å². The van der Waals surface area contributed by atoms with Gasteiger partial charge in [-0.05, 0) is 36.2 Å². The third-order valence-electron chi connectivity index (χ3n) is 5.19. The number of fused-ring (bicyclic) bond motifs is 1. The summed E-state index contributed by atoms with van der Waals surface area (Å²) in [4.78, 5) is 11.1. The van der Waals surface area contributed by atoms with Crippen molar-refractivity contribution in [3.8, 4) is 11.1 Å². The van der Waals surface area contributed by atoms with E-state index >= 15 is 0 Å². The number of pyridine rings is 1. The molecule has 8 nitrogen and oxygen atoms in total. The van der Waals surface area contributed by atoms with Gasteiger partial charge in [0.15, 0.2) is 5.82 Å². The fourth-order valence-electron chi connectivity index (χ4n) is 3.66. The highest BCUT2D eigenvalue weighted by Crippen LogP contribution is 2.28. The zero-order valence-electron chi connectivity index (χ0n) is 17.3. The third-order valence-corrected chi connectivity index (χ3v) is 5.19. The van der Waals surface area contributed by atoms with Crippen molar-refractivity contribution in [3.05, 3.63) is 72.2 Å². The second kappa shape index (κ2) is 8.53. The van der Waals surface area contributed by atoms with Gasteiger partial charge in [-0.1, -0.05) is 29.8 Å². The van der Waals surface area contributed by atoms with E-state index in [1.807, 2.05) is 35.0 Å². The van der Waals surface area contributed by atoms with Crippen molar-refractivity contribution in [1.82, 2.24) is 19.6 Å². The van der Waals surface area contributed by atoms with E-state index in [9.17, 15) is 0 Å². The number of rotatable bonds is 5. The van der Waals surface area contributed by atoms with Crippen LogP contribution in [-0.2, 0) is 4.74 Å². The van der Waals surface area contributed by atoms with Crippen LogP contribution >= 0.6 is 0 Å². The predicted molar refractivity (Wildman–Crippen MR) is 122 cm³/mol. The van der Waals surface area contributed by atoms with Crippen LogP contribution in [0.4, 0.5) is 11.8 Å². The lowest BCUT2D eigenvalue weighted by Gasteiger charge is -2.28. The van der Waals surface area contributed by atoms with Crippen molar-refractivity contribution in [3.63, 3.8) is 0 Å². The quantitative estimate of drug-likeness (QED) is 0.399. The van der Waals surface area contributed by atoms with Gasteiger partial charge in [-0.25, -0.2) is 9.94 Å². The van der Waals surface area contributed by atoms with Gasteiger partial charge in [0, 0.05) is 37.2 Å². The van der Waals surface area contributed by atoms with Crippen LogP contribution in [0.1, 0.15) is 11.1 Å². The monoisotopic (exact) mass is 413 g/mol. The molecular formula is C23H23N7O. The molecule has 8 heteroatoms. The van der Waals surface area contributed by atoms with Crippen molar-refractivity contribution < 1.29 is 4.74 Å². The Morgan fingerprint density at radius 1 is 1.06 bits per heavy atom. The first-order valence-corrected chi connectivity index (χ1v) is 10.3. The van der Waals surface area contributed by atoms with Gasteiger partial charge in [-0.2, -0.15) is 10.1 Å². The van der Waals surface area contributed by atoms with Crippen LogP contribution in [0.2, 0.25) is 0 Å². The number of ether oxygens (including phenoxy) is 1. The molecule has 1 fully saturated rings. The highest BCUT2D eigenvalue weighted by atomic mass is 16.5. The minimum Gasteiger partial charge on any atom is -0.378 e. The average Bonchev–Trinajstić information content (AvgIpc) is 3.24. The van der Waals surface area contributed by atoms with Crippen LogP contribution in [-0.4, -0.2) is 52.1 Å². The normalized spacial score (nSPS) is 14.4. The number of morpholine rings is 1. The van der Waals surface area contributed by atoms with Crippen LogP contribution in [0.3, 0.4) is 0 Å². The lowest BCUT2D eigenvalue weighted by atomic mass is 10.1. The molecule has 31 heavy (non-hydrogen) atoms. The largest absolute Gasteiger partial charge is 0.378 e. The Morgan fingerprint density at radius 2 is 1.90 bits per heavy atom. The zero-order chi connectivity index (χ0) is 21.0. The summed E-state index contributed by atoms with van der Waals surface area (Å²) >= 11 is 0. The lowest BCUT2D eigenvalue weighted by molar-refractivity contribution is 0.122. The van der Waals surface area contributed by atoms with E-state index in [4.69, 9.17) is 9.72 Å². The molecule has 1 aliphatic heterocycles. The molecule has 1 aliphatic rings. The van der Waals surface area contributed by atoms with E-state index in [0.717, 1.165) is 41.1 Å². The third kappa shape index (κ3) is 4.24. The number of nitrogens with zero attached hydrogens (tertiary/aromatic N) is 6. The molecule has 4 heterocycles. The number of hydrogen-bond acceptors (Lipinski definition) is 7. The fraction of sp³-hybridized carbons (Fsp3) is 0.217. The van der Waals surface area contributed by atoms with Gasteiger partial charge in [0.1, 0.15) is 5.52 Å². The lowest BCUT2D eigenvalue weighted by Crippen LogP contribution is -2.37. The average molecular weight is 413 g/mol. The molecule has 3 aromatic heterocycles. The highest BCUT2D eigenvalue weighted by Gasteiger charge is 2.19. The van der Waals surface area contributed by atoms with E-state index in [0.29, 0.717) is 19.2 Å². The summed E-state index contributed by atoms with van der Waals surface area (Å²) in [7, 11) is 0. The predicted octanol–water partition coefficient (Wildman–Crippen LogP) is 3.38. The first-order valence-electron chi connectivity index (χ1n) is 10.3. The van der Waals surface area contributed by atoms with Crippen LogP contribution < -0.4 is 10.3 Å². The van der Waals surface area contributed by atoms with Crippen molar-refractivity contribution in [2.45, 2.75) is 6.92 Å². The summed E-state index contributed by atoms with van der Waals surface area (Å²) < 4.78 is 7.38. The standard InChI is InChI=1S/C23H23N7O/c1-17-3-2-4-18(13-17)15-25-27-23-26-22(29-9-11-31-12-10-29)21-14-20(16-30(21)28-23)19-5-7-24-8-6-19/h2-8,13-16H,9-12H2,1H3,(H,27,28)/b25-15+. The van der Waals surface area contributed by atoms with E-state index in [2.05, 4.69) is 50.6 Å². The molecular weight excluding hydrogens is 390 g/mol. The van der Waals surface area contributed by atoms with Crippen molar-refractivity contribution >= 4 is 23.5 Å². The van der Waals surface area contributed by atoms with E-state index in [1.54, 1.807) is 18.6 Å². The summed E-state index contributed by atoms with van der Waals surface area (Å²) in [5.74, 6) is 1.31. The second-order valence-corrected chi connectivity index (χ2v) is 7.44. The molecule has 0 spiro atoms. The Labute approximate surface area is 180 Å². The molecule has 0 unspecified atom stereocenters. The van der Waals surface area contributed by atoms with Gasteiger partial charge < -0.3 is 9.64 Å². The number of nitrogens with one attached hydrogen (secondary N) is 1. The number of hydrazone groups is 1. The van der Waals surface area contributed by atoms with Crippen LogP contribution in [0.25, 0.3) is 16.6 Å². The van der Waals surface area contributed by atoms with Crippen LogP contribution in [0.15, 0.2) is 66.2 Å². The zero-order valence-corrected chi connectivity index (χ0v) is 17.3. The topological polar surface area (TPSA) is 79.9 Å². The van der Waals surface area contributed by atoms with E-state index in [1.165, 1.54) is 5.56 Å². The van der Waals surface area contributed by atoms with Crippen molar-refractivity contribution in [2.24, 2.45) is 5.10 Å². The molecule has 0 atom stereocenters. The maximum absolute atomic E-state index is 5.52. The number of hydrogen-bond donors (Lipinski definition) is 1. The summed E-state index contributed by atoms with van der Waals surface area (Å²) in [6.07, 6.45) is 7.36. The summed E-state index contributed by atoms with van der Waals surface area (Å²) in [6.45, 7) is 5.00. The maximum atomic E-state index is 5.52. The van der Waals surface area contributed by atoms with E-state index in [-0.39, 0.29) is 0 Å². The molecule has 4 aromatic rings. The number of benzene rings is 1. The molecule has 1 N–H and O–H groups in total. The van der Waals surface area contributed by atoms with Gasteiger partial charge in [0.05, 0.1) is 19.4 Å². The minimum atomic E-state index is 0.440. The Bertz CT molecular complexity index is 1210. The molecule has 156 valence electrons. The van der Waals surface area contributed by atoms with Gasteiger partial charge in [-0.15, -0.1) is 5.10 Å². The minimum absolute atomic E-state index is 0.440. The van der Waals surface area contributed by atoms with Crippen LogP contribution in [0, 0.1) is 6.92 Å². The molecule has 5 rings (SSSR count). The molecule has 0 bridgehead atoms. The number of anilines is 2. The summed E-state index contributed by atoms with van der Waals surface area (Å²) in [5, 5.41) is 8.98.